The molecular formula is C24H28O2Si. The topological polar surface area (TPSA) is 18.5 Å². The number of methoxy groups -OCH3 is 1. The largest absolute Gasteiger partial charge is 0.401 e. The SMILES string of the molecule is C#CCC(C)O[Si](/C=C(/CC=C)COC)(c1ccccc1)c1ccccc1. The second-order valence-electron chi connectivity index (χ2n) is 6.53. The molecule has 0 radical (unpaired) electrons. The Morgan fingerprint density at radius 2 is 1.67 bits per heavy atom. The molecule has 27 heavy (non-hydrogen) atoms. The zero-order valence-electron chi connectivity index (χ0n) is 16.2. The van der Waals surface area contributed by atoms with E-state index >= 15 is 0 Å². The molecule has 0 N–H and O–H groups in total. The lowest BCUT2D eigenvalue weighted by atomic mass is 10.2. The number of benzene rings is 2. The van der Waals surface area contributed by atoms with E-state index in [0.717, 1.165) is 6.42 Å². The Morgan fingerprint density at radius 1 is 1.11 bits per heavy atom. The molecule has 0 amide bonds. The van der Waals surface area contributed by atoms with E-state index in [9.17, 15) is 0 Å². The lowest BCUT2D eigenvalue weighted by Crippen LogP contribution is -2.61. The minimum Gasteiger partial charge on any atom is -0.401 e. The Balaban J connectivity index is 2.70. The molecule has 2 aromatic rings. The molecule has 0 spiro atoms. The molecule has 0 fully saturated rings. The maximum atomic E-state index is 6.80. The van der Waals surface area contributed by atoms with E-state index in [4.69, 9.17) is 15.6 Å². The van der Waals surface area contributed by atoms with Crippen LogP contribution in [0.2, 0.25) is 0 Å². The van der Waals surface area contributed by atoms with Gasteiger partial charge in [0.2, 0.25) is 0 Å². The number of hydrogen-bond acceptors (Lipinski definition) is 2. The van der Waals surface area contributed by atoms with Gasteiger partial charge in [-0.25, -0.2) is 0 Å². The van der Waals surface area contributed by atoms with Crippen LogP contribution in [0.3, 0.4) is 0 Å². The summed E-state index contributed by atoms with van der Waals surface area (Å²) in [5, 5.41) is 2.38. The summed E-state index contributed by atoms with van der Waals surface area (Å²) in [4.78, 5) is 0. The first-order valence-electron chi connectivity index (χ1n) is 9.19. The van der Waals surface area contributed by atoms with Crippen LogP contribution in [-0.4, -0.2) is 28.1 Å². The molecule has 2 nitrogen and oxygen atoms in total. The van der Waals surface area contributed by atoms with Gasteiger partial charge in [-0.05, 0) is 29.3 Å². The molecule has 0 saturated heterocycles. The lowest BCUT2D eigenvalue weighted by molar-refractivity contribution is 0.221. The number of hydrogen-bond donors (Lipinski definition) is 0. The highest BCUT2D eigenvalue weighted by Crippen LogP contribution is 2.18. The molecule has 0 aliphatic rings. The van der Waals surface area contributed by atoms with E-state index in [-0.39, 0.29) is 6.10 Å². The predicted molar refractivity (Wildman–Crippen MR) is 117 cm³/mol. The highest BCUT2D eigenvalue weighted by Gasteiger charge is 2.39. The lowest BCUT2D eigenvalue weighted by Gasteiger charge is -2.33. The average molecular weight is 377 g/mol. The molecule has 0 aromatic heterocycles. The highest BCUT2D eigenvalue weighted by molar-refractivity contribution is 7.01. The van der Waals surface area contributed by atoms with Crippen molar-refractivity contribution in [2.24, 2.45) is 0 Å². The molecule has 140 valence electrons. The van der Waals surface area contributed by atoms with E-state index in [2.05, 4.69) is 66.7 Å². The fraction of sp³-hybridized carbons (Fsp3) is 0.250. The zero-order valence-corrected chi connectivity index (χ0v) is 17.2. The van der Waals surface area contributed by atoms with Crippen molar-refractivity contribution in [1.29, 1.82) is 0 Å². The first-order valence-corrected chi connectivity index (χ1v) is 11.2. The van der Waals surface area contributed by atoms with Gasteiger partial charge in [0.15, 0.2) is 0 Å². The summed E-state index contributed by atoms with van der Waals surface area (Å²) >= 11 is 0. The van der Waals surface area contributed by atoms with Gasteiger partial charge in [-0.3, -0.25) is 0 Å². The minimum absolute atomic E-state index is 0.0501. The Hall–Kier alpha value is -2.38. The number of terminal acetylenes is 1. The molecular weight excluding hydrogens is 348 g/mol. The standard InChI is InChI=1S/C24H28O2Si/c1-5-13-21(3)26-27(23-15-9-7-10-16-23,24-17-11-8-12-18-24)20-22(14-6-2)19-25-4/h1,6-12,15-18,20-21H,2,13-14,19H2,3-4H3/b22-20-. The fourth-order valence-electron chi connectivity index (χ4n) is 3.22. The minimum atomic E-state index is -2.67. The van der Waals surface area contributed by atoms with E-state index in [0.29, 0.717) is 13.0 Å². The van der Waals surface area contributed by atoms with Crippen molar-refractivity contribution in [3.8, 4) is 12.3 Å². The van der Waals surface area contributed by atoms with Gasteiger partial charge in [-0.15, -0.1) is 18.9 Å². The van der Waals surface area contributed by atoms with Crippen LogP contribution in [0.25, 0.3) is 0 Å². The van der Waals surface area contributed by atoms with Crippen molar-refractivity contribution < 1.29 is 9.16 Å². The Labute approximate surface area is 164 Å². The number of allylic oxidation sites excluding steroid dienone is 1. The van der Waals surface area contributed by atoms with Crippen molar-refractivity contribution >= 4 is 18.7 Å². The van der Waals surface area contributed by atoms with Crippen molar-refractivity contribution in [3.05, 3.63) is 84.6 Å². The number of ether oxygens (including phenoxy) is 1. The molecule has 0 heterocycles. The van der Waals surface area contributed by atoms with Gasteiger partial charge in [-0.2, -0.15) is 0 Å². The van der Waals surface area contributed by atoms with Gasteiger partial charge in [-0.1, -0.05) is 72.4 Å². The summed E-state index contributed by atoms with van der Waals surface area (Å²) in [5.74, 6) is 2.73. The van der Waals surface area contributed by atoms with Gasteiger partial charge < -0.3 is 9.16 Å². The summed E-state index contributed by atoms with van der Waals surface area (Å²) in [6.07, 6.45) is 8.75. The molecule has 1 atom stereocenters. The van der Waals surface area contributed by atoms with Gasteiger partial charge in [0.25, 0.3) is 8.32 Å². The van der Waals surface area contributed by atoms with E-state index in [1.54, 1.807) is 7.11 Å². The van der Waals surface area contributed by atoms with Crippen LogP contribution in [-0.2, 0) is 9.16 Å². The molecule has 0 aliphatic carbocycles. The van der Waals surface area contributed by atoms with Crippen molar-refractivity contribution in [2.75, 3.05) is 13.7 Å². The molecule has 0 bridgehead atoms. The van der Waals surface area contributed by atoms with E-state index < -0.39 is 8.32 Å². The van der Waals surface area contributed by atoms with E-state index in [1.807, 2.05) is 25.1 Å². The molecule has 3 heteroatoms. The van der Waals surface area contributed by atoms with E-state index in [1.165, 1.54) is 15.9 Å². The smallest absolute Gasteiger partial charge is 0.281 e. The molecule has 0 aliphatic heterocycles. The second kappa shape index (κ2) is 10.7. The maximum Gasteiger partial charge on any atom is 0.281 e. The van der Waals surface area contributed by atoms with Crippen molar-refractivity contribution in [1.82, 2.24) is 0 Å². The molecule has 2 rings (SSSR count). The van der Waals surface area contributed by atoms with Crippen LogP contribution in [0.15, 0.2) is 84.6 Å². The van der Waals surface area contributed by atoms with Crippen LogP contribution in [0.5, 0.6) is 0 Å². The Morgan fingerprint density at radius 3 is 2.11 bits per heavy atom. The summed E-state index contributed by atoms with van der Waals surface area (Å²) in [6, 6.07) is 20.9. The Kier molecular flexibility index (Phi) is 8.28. The third-order valence-corrected chi connectivity index (χ3v) is 8.31. The summed E-state index contributed by atoms with van der Waals surface area (Å²) in [7, 11) is -0.956. The first kappa shape index (κ1) is 20.9. The monoisotopic (exact) mass is 376 g/mol. The summed E-state index contributed by atoms with van der Waals surface area (Å²) in [5.41, 5.74) is 3.47. The fourth-order valence-corrected chi connectivity index (χ4v) is 7.09. The molecule has 0 saturated carbocycles. The van der Waals surface area contributed by atoms with Gasteiger partial charge in [0, 0.05) is 13.5 Å². The Bertz CT molecular complexity index is 736. The van der Waals surface area contributed by atoms with Crippen LogP contribution in [0, 0.1) is 12.3 Å². The zero-order chi connectivity index (χ0) is 19.5. The van der Waals surface area contributed by atoms with Crippen LogP contribution in [0.4, 0.5) is 0 Å². The van der Waals surface area contributed by atoms with Crippen molar-refractivity contribution in [2.45, 2.75) is 25.9 Å². The summed E-state index contributed by atoms with van der Waals surface area (Å²) in [6.45, 7) is 6.50. The highest BCUT2D eigenvalue weighted by atomic mass is 28.4. The third-order valence-electron chi connectivity index (χ3n) is 4.34. The van der Waals surface area contributed by atoms with Crippen LogP contribution in [0.1, 0.15) is 19.8 Å². The predicted octanol–water partition coefficient (Wildman–Crippen LogP) is 3.86. The van der Waals surface area contributed by atoms with Gasteiger partial charge in [0.1, 0.15) is 0 Å². The number of rotatable bonds is 10. The normalized spacial score (nSPS) is 13.0. The second-order valence-corrected chi connectivity index (χ2v) is 9.68. The third kappa shape index (κ3) is 5.54. The quantitative estimate of drug-likeness (QED) is 0.356. The molecule has 1 unspecified atom stereocenters. The maximum absolute atomic E-state index is 6.80. The van der Waals surface area contributed by atoms with Crippen LogP contribution >= 0.6 is 0 Å². The average Bonchev–Trinajstić information content (AvgIpc) is 2.69. The summed E-state index contributed by atoms with van der Waals surface area (Å²) < 4.78 is 12.2. The molecule has 2 aromatic carbocycles. The van der Waals surface area contributed by atoms with Gasteiger partial charge >= 0.3 is 0 Å². The van der Waals surface area contributed by atoms with Crippen LogP contribution < -0.4 is 10.4 Å². The van der Waals surface area contributed by atoms with Crippen molar-refractivity contribution in [3.63, 3.8) is 0 Å². The van der Waals surface area contributed by atoms with Gasteiger partial charge in [0.05, 0.1) is 12.7 Å². The first-order chi connectivity index (χ1) is 13.2.